The summed E-state index contributed by atoms with van der Waals surface area (Å²) >= 11 is 1.59. The van der Waals surface area contributed by atoms with E-state index in [1.807, 2.05) is 29.6 Å². The van der Waals surface area contributed by atoms with E-state index in [1.54, 1.807) is 17.5 Å². The summed E-state index contributed by atoms with van der Waals surface area (Å²) in [5.41, 5.74) is 0.730. The Bertz CT molecular complexity index is 640. The van der Waals surface area contributed by atoms with Crippen molar-refractivity contribution in [2.75, 3.05) is 25.1 Å². The van der Waals surface area contributed by atoms with Crippen LogP contribution < -0.4 is 15.4 Å². The zero-order valence-corrected chi connectivity index (χ0v) is 14.9. The highest BCUT2D eigenvalue weighted by molar-refractivity contribution is 7.09. The number of carbonyl (C=O) groups excluding carboxylic acids is 1. The van der Waals surface area contributed by atoms with Crippen molar-refractivity contribution < 1.29 is 14.3 Å². The molecule has 6 nitrogen and oxygen atoms in total. The normalized spacial score (nSPS) is 17.0. The van der Waals surface area contributed by atoms with Crippen molar-refractivity contribution in [1.29, 1.82) is 0 Å². The smallest absolute Gasteiger partial charge is 0.319 e. The maximum absolute atomic E-state index is 11.9. The standard InChI is InChI=1S/C18H23N3O3S/c22-18(20-9-8-17-19-10-12-25-17)21-14-4-6-15(7-5-14)24-13-16-3-1-2-11-23-16/h4-7,10,12,16H,1-3,8-9,11,13H2,(H2,20,21,22). The molecule has 0 saturated carbocycles. The number of nitrogens with one attached hydrogen (secondary N) is 2. The number of ether oxygens (including phenoxy) is 2. The van der Waals surface area contributed by atoms with Gasteiger partial charge in [0.1, 0.15) is 12.4 Å². The molecule has 134 valence electrons. The molecule has 0 bridgehead atoms. The molecule has 0 aliphatic carbocycles. The van der Waals surface area contributed by atoms with Gasteiger partial charge in [-0.1, -0.05) is 0 Å². The number of amides is 2. The van der Waals surface area contributed by atoms with Gasteiger partial charge in [-0.3, -0.25) is 0 Å². The van der Waals surface area contributed by atoms with Crippen LogP contribution in [0.1, 0.15) is 24.3 Å². The van der Waals surface area contributed by atoms with E-state index in [9.17, 15) is 4.79 Å². The van der Waals surface area contributed by atoms with Crippen molar-refractivity contribution in [1.82, 2.24) is 10.3 Å². The Morgan fingerprint density at radius 1 is 1.32 bits per heavy atom. The summed E-state index contributed by atoms with van der Waals surface area (Å²) < 4.78 is 11.4. The lowest BCUT2D eigenvalue weighted by atomic mass is 10.1. The predicted octanol–water partition coefficient (Wildman–Crippen LogP) is 3.46. The molecular formula is C18H23N3O3S. The van der Waals surface area contributed by atoms with Gasteiger partial charge in [-0.25, -0.2) is 9.78 Å². The van der Waals surface area contributed by atoms with Crippen molar-refractivity contribution in [2.24, 2.45) is 0 Å². The average Bonchev–Trinajstić information content (AvgIpc) is 3.15. The number of hydrogen-bond acceptors (Lipinski definition) is 5. The lowest BCUT2D eigenvalue weighted by Crippen LogP contribution is -2.30. The van der Waals surface area contributed by atoms with Gasteiger partial charge in [0.2, 0.25) is 0 Å². The minimum absolute atomic E-state index is 0.190. The van der Waals surface area contributed by atoms with Gasteiger partial charge >= 0.3 is 6.03 Å². The number of thiazole rings is 1. The van der Waals surface area contributed by atoms with Crippen molar-refractivity contribution in [3.63, 3.8) is 0 Å². The van der Waals surface area contributed by atoms with Crippen LogP contribution in [0.25, 0.3) is 0 Å². The van der Waals surface area contributed by atoms with Gasteiger partial charge in [-0.15, -0.1) is 11.3 Å². The largest absolute Gasteiger partial charge is 0.491 e. The average molecular weight is 361 g/mol. The van der Waals surface area contributed by atoms with Gasteiger partial charge in [0.25, 0.3) is 0 Å². The molecule has 2 amide bonds. The summed E-state index contributed by atoms with van der Waals surface area (Å²) in [5, 5.41) is 8.58. The quantitative estimate of drug-likeness (QED) is 0.792. The monoisotopic (exact) mass is 361 g/mol. The van der Waals surface area contributed by atoms with Gasteiger partial charge in [0, 0.05) is 36.8 Å². The highest BCUT2D eigenvalue weighted by Crippen LogP contribution is 2.18. The number of rotatable bonds is 7. The van der Waals surface area contributed by atoms with Gasteiger partial charge in [0.15, 0.2) is 0 Å². The second kappa shape index (κ2) is 9.39. The van der Waals surface area contributed by atoms with Crippen LogP contribution >= 0.6 is 11.3 Å². The molecule has 1 unspecified atom stereocenters. The van der Waals surface area contributed by atoms with Crippen molar-refractivity contribution in [2.45, 2.75) is 31.8 Å². The van der Waals surface area contributed by atoms with Crippen LogP contribution in [0.15, 0.2) is 35.8 Å². The number of hydrogen-bond donors (Lipinski definition) is 2. The number of aromatic nitrogens is 1. The molecule has 25 heavy (non-hydrogen) atoms. The SMILES string of the molecule is O=C(NCCc1nccs1)Nc1ccc(OCC2CCCCO2)cc1. The summed E-state index contributed by atoms with van der Waals surface area (Å²) in [6.07, 6.45) is 6.10. The zero-order chi connectivity index (χ0) is 17.3. The molecule has 1 atom stereocenters. The van der Waals surface area contributed by atoms with Crippen LogP contribution in [0, 0.1) is 0 Å². The van der Waals surface area contributed by atoms with Gasteiger partial charge in [-0.05, 0) is 43.5 Å². The van der Waals surface area contributed by atoms with Crippen LogP contribution in [0.5, 0.6) is 5.75 Å². The molecule has 1 aliphatic heterocycles. The first-order chi connectivity index (χ1) is 12.3. The fourth-order valence-corrected chi connectivity index (χ4v) is 3.22. The fourth-order valence-electron chi connectivity index (χ4n) is 2.60. The maximum atomic E-state index is 11.9. The van der Waals surface area contributed by atoms with Crippen LogP contribution in [-0.2, 0) is 11.2 Å². The molecule has 1 aromatic carbocycles. The highest BCUT2D eigenvalue weighted by atomic mass is 32.1. The molecular weight excluding hydrogens is 338 g/mol. The molecule has 1 saturated heterocycles. The lowest BCUT2D eigenvalue weighted by molar-refractivity contribution is -0.0110. The number of carbonyl (C=O) groups is 1. The Morgan fingerprint density at radius 3 is 2.92 bits per heavy atom. The minimum atomic E-state index is -0.221. The zero-order valence-electron chi connectivity index (χ0n) is 14.1. The first kappa shape index (κ1) is 17.7. The summed E-state index contributed by atoms with van der Waals surface area (Å²) in [6, 6.07) is 7.15. The number of nitrogens with zero attached hydrogens (tertiary/aromatic N) is 1. The molecule has 1 aliphatic rings. The number of anilines is 1. The molecule has 7 heteroatoms. The van der Waals surface area contributed by atoms with E-state index in [4.69, 9.17) is 9.47 Å². The summed E-state index contributed by atoms with van der Waals surface area (Å²) in [4.78, 5) is 16.1. The van der Waals surface area contributed by atoms with Crippen molar-refractivity contribution >= 4 is 23.1 Å². The Hall–Kier alpha value is -2.12. The topological polar surface area (TPSA) is 72.5 Å². The van der Waals surface area contributed by atoms with Gasteiger partial charge in [0.05, 0.1) is 11.1 Å². The molecule has 2 aromatic rings. The maximum Gasteiger partial charge on any atom is 0.319 e. The Kier molecular flexibility index (Phi) is 6.64. The van der Waals surface area contributed by atoms with E-state index in [0.717, 1.165) is 42.3 Å². The third-order valence-corrected chi connectivity index (χ3v) is 4.77. The summed E-state index contributed by atoms with van der Waals surface area (Å²) in [7, 11) is 0. The van der Waals surface area contributed by atoms with Crippen molar-refractivity contribution in [3.8, 4) is 5.75 Å². The first-order valence-corrected chi connectivity index (χ1v) is 9.45. The predicted molar refractivity (Wildman–Crippen MR) is 98.4 cm³/mol. The second-order valence-corrected chi connectivity index (χ2v) is 6.86. The van der Waals surface area contributed by atoms with Gasteiger partial charge < -0.3 is 20.1 Å². The molecule has 2 heterocycles. The number of benzene rings is 1. The molecule has 2 N–H and O–H groups in total. The van der Waals surface area contributed by atoms with E-state index in [2.05, 4.69) is 15.6 Å². The summed E-state index contributed by atoms with van der Waals surface area (Å²) in [5.74, 6) is 0.781. The van der Waals surface area contributed by atoms with Crippen LogP contribution in [-0.4, -0.2) is 36.9 Å². The first-order valence-electron chi connectivity index (χ1n) is 8.57. The Morgan fingerprint density at radius 2 is 2.20 bits per heavy atom. The van der Waals surface area contributed by atoms with E-state index >= 15 is 0 Å². The van der Waals surface area contributed by atoms with E-state index in [-0.39, 0.29) is 12.1 Å². The van der Waals surface area contributed by atoms with E-state index in [0.29, 0.717) is 13.2 Å². The molecule has 0 radical (unpaired) electrons. The van der Waals surface area contributed by atoms with Crippen LogP contribution in [0.4, 0.5) is 10.5 Å². The minimum Gasteiger partial charge on any atom is -0.491 e. The van der Waals surface area contributed by atoms with Gasteiger partial charge in [-0.2, -0.15) is 0 Å². The molecule has 1 aromatic heterocycles. The molecule has 0 spiro atoms. The van der Waals surface area contributed by atoms with Crippen LogP contribution in [0.3, 0.4) is 0 Å². The summed E-state index contributed by atoms with van der Waals surface area (Å²) in [6.45, 7) is 1.96. The molecule has 3 rings (SSSR count). The Labute approximate surface area is 151 Å². The third-order valence-electron chi connectivity index (χ3n) is 3.93. The third kappa shape index (κ3) is 6.03. The van der Waals surface area contributed by atoms with E-state index < -0.39 is 0 Å². The van der Waals surface area contributed by atoms with Crippen molar-refractivity contribution in [3.05, 3.63) is 40.8 Å². The van der Waals surface area contributed by atoms with Crippen LogP contribution in [0.2, 0.25) is 0 Å². The van der Waals surface area contributed by atoms with E-state index in [1.165, 1.54) is 6.42 Å². The fraction of sp³-hybridized carbons (Fsp3) is 0.444. The Balaban J connectivity index is 1.37. The highest BCUT2D eigenvalue weighted by Gasteiger charge is 2.14. The second-order valence-electron chi connectivity index (χ2n) is 5.88. The molecule has 1 fully saturated rings. The number of urea groups is 1. The lowest BCUT2D eigenvalue weighted by Gasteiger charge is -2.22.